The standard InChI is InChI=1S/C33H26F3N5O2S/c34-33(35,36)22-8-6-9-25(20-22)40-19-7-13-28(40)31-30(27-12-4-5-18-37-27)39-32(44)41(31)24-16-14-23(15-17-24)38-29(42)21-43-26-10-2-1-3-11-26/h1-20,30-31H,21H2,(H,38,42)(H,39,44)/t30-,31+/m0/s1. The van der Waals surface area contributed by atoms with Crippen LogP contribution in [0.2, 0.25) is 0 Å². The van der Waals surface area contributed by atoms with E-state index in [-0.39, 0.29) is 12.5 Å². The Morgan fingerprint density at radius 1 is 0.909 bits per heavy atom. The molecular weight excluding hydrogens is 587 g/mol. The van der Waals surface area contributed by atoms with Crippen LogP contribution in [0.5, 0.6) is 5.75 Å². The smallest absolute Gasteiger partial charge is 0.416 e. The molecule has 1 aliphatic heterocycles. The highest BCUT2D eigenvalue weighted by atomic mass is 32.1. The lowest BCUT2D eigenvalue weighted by atomic mass is 10.0. The average Bonchev–Trinajstić information content (AvgIpc) is 3.65. The summed E-state index contributed by atoms with van der Waals surface area (Å²) < 4.78 is 48.0. The highest BCUT2D eigenvalue weighted by Crippen LogP contribution is 2.42. The van der Waals surface area contributed by atoms with Crippen molar-refractivity contribution < 1.29 is 22.7 Å². The summed E-state index contributed by atoms with van der Waals surface area (Å²) in [5, 5.41) is 6.62. The van der Waals surface area contributed by atoms with E-state index in [1.807, 2.05) is 59.5 Å². The molecule has 44 heavy (non-hydrogen) atoms. The van der Waals surface area contributed by atoms with Crippen molar-refractivity contribution in [2.75, 3.05) is 16.8 Å². The molecule has 11 heteroatoms. The number of rotatable bonds is 8. The number of ether oxygens (including phenoxy) is 1. The number of carbonyl (C=O) groups is 1. The van der Waals surface area contributed by atoms with Gasteiger partial charge in [0.15, 0.2) is 11.7 Å². The Morgan fingerprint density at radius 3 is 2.41 bits per heavy atom. The zero-order valence-corrected chi connectivity index (χ0v) is 23.9. The molecule has 0 spiro atoms. The predicted molar refractivity (Wildman–Crippen MR) is 166 cm³/mol. The lowest BCUT2D eigenvalue weighted by Crippen LogP contribution is -2.30. The number of alkyl halides is 3. The summed E-state index contributed by atoms with van der Waals surface area (Å²) in [5.74, 6) is 0.281. The van der Waals surface area contributed by atoms with Crippen LogP contribution < -0.4 is 20.3 Å². The van der Waals surface area contributed by atoms with E-state index >= 15 is 0 Å². The van der Waals surface area contributed by atoms with E-state index < -0.39 is 23.8 Å². The predicted octanol–water partition coefficient (Wildman–Crippen LogP) is 7.09. The first kappa shape index (κ1) is 28.9. The van der Waals surface area contributed by atoms with Gasteiger partial charge in [-0.2, -0.15) is 13.2 Å². The quantitative estimate of drug-likeness (QED) is 0.182. The monoisotopic (exact) mass is 613 g/mol. The number of para-hydroxylation sites is 1. The number of amides is 1. The minimum absolute atomic E-state index is 0.147. The number of aromatic nitrogens is 2. The van der Waals surface area contributed by atoms with E-state index in [0.717, 1.165) is 23.5 Å². The first-order chi connectivity index (χ1) is 21.3. The van der Waals surface area contributed by atoms with Crippen molar-refractivity contribution >= 4 is 34.6 Å². The van der Waals surface area contributed by atoms with Gasteiger partial charge in [0.25, 0.3) is 5.91 Å². The number of benzene rings is 3. The Kier molecular flexibility index (Phi) is 8.03. The summed E-state index contributed by atoms with van der Waals surface area (Å²) >= 11 is 5.81. The second-order valence-electron chi connectivity index (χ2n) is 10.0. The van der Waals surface area contributed by atoms with Gasteiger partial charge in [-0.1, -0.05) is 30.3 Å². The van der Waals surface area contributed by atoms with Crippen molar-refractivity contribution in [2.45, 2.75) is 18.3 Å². The largest absolute Gasteiger partial charge is 0.484 e. The topological polar surface area (TPSA) is 71.4 Å². The Bertz CT molecular complexity index is 1760. The average molecular weight is 614 g/mol. The van der Waals surface area contributed by atoms with Gasteiger partial charge in [0.1, 0.15) is 11.8 Å². The molecule has 2 aromatic heterocycles. The van der Waals surface area contributed by atoms with E-state index in [1.54, 1.807) is 53.4 Å². The number of anilines is 2. The summed E-state index contributed by atoms with van der Waals surface area (Å²) in [6, 6.07) is 29.8. The fourth-order valence-electron chi connectivity index (χ4n) is 5.20. The molecule has 5 aromatic rings. The zero-order valence-electron chi connectivity index (χ0n) is 23.1. The van der Waals surface area contributed by atoms with Gasteiger partial charge >= 0.3 is 6.18 Å². The second kappa shape index (κ2) is 12.2. The summed E-state index contributed by atoms with van der Waals surface area (Å²) in [6.45, 7) is -0.147. The van der Waals surface area contributed by atoms with Crippen LogP contribution in [0.1, 0.15) is 29.0 Å². The number of halogens is 3. The Labute approximate surface area is 256 Å². The van der Waals surface area contributed by atoms with Crippen LogP contribution in [0, 0.1) is 0 Å². The number of nitrogens with zero attached hydrogens (tertiary/aromatic N) is 3. The van der Waals surface area contributed by atoms with E-state index in [1.165, 1.54) is 6.07 Å². The van der Waals surface area contributed by atoms with E-state index in [9.17, 15) is 18.0 Å². The maximum atomic E-state index is 13.6. The minimum atomic E-state index is -4.48. The van der Waals surface area contributed by atoms with Crippen LogP contribution in [0.4, 0.5) is 24.5 Å². The van der Waals surface area contributed by atoms with Gasteiger partial charge in [0.05, 0.1) is 17.3 Å². The van der Waals surface area contributed by atoms with Crippen molar-refractivity contribution in [2.24, 2.45) is 0 Å². The van der Waals surface area contributed by atoms with Gasteiger partial charge in [-0.3, -0.25) is 9.78 Å². The molecular formula is C33H26F3N5O2S. The second-order valence-corrected chi connectivity index (χ2v) is 10.4. The van der Waals surface area contributed by atoms with E-state index in [0.29, 0.717) is 27.9 Å². The third-order valence-corrected chi connectivity index (χ3v) is 7.49. The van der Waals surface area contributed by atoms with E-state index in [2.05, 4.69) is 15.6 Å². The number of hydrogen-bond donors (Lipinski definition) is 2. The fraction of sp³-hybridized carbons (Fsp3) is 0.121. The molecule has 0 bridgehead atoms. The van der Waals surface area contributed by atoms with Gasteiger partial charge in [-0.15, -0.1) is 0 Å². The minimum Gasteiger partial charge on any atom is -0.484 e. The maximum Gasteiger partial charge on any atom is 0.416 e. The van der Waals surface area contributed by atoms with Crippen molar-refractivity contribution in [3.05, 3.63) is 139 Å². The first-order valence-electron chi connectivity index (χ1n) is 13.7. The fourth-order valence-corrected chi connectivity index (χ4v) is 5.55. The number of hydrogen-bond acceptors (Lipinski definition) is 4. The van der Waals surface area contributed by atoms with Gasteiger partial charge in [-0.05, 0) is 91.1 Å². The SMILES string of the molecule is O=C(COc1ccccc1)Nc1ccc(N2C(=S)N[C@@H](c3ccccn3)[C@H]2c2cccn2-c2cccc(C(F)(F)F)c2)cc1. The van der Waals surface area contributed by atoms with Crippen LogP contribution in [-0.2, 0) is 11.0 Å². The third-order valence-electron chi connectivity index (χ3n) is 7.18. The molecule has 3 aromatic carbocycles. The molecule has 2 atom stereocenters. The van der Waals surface area contributed by atoms with Crippen molar-refractivity contribution in [1.29, 1.82) is 0 Å². The molecule has 6 rings (SSSR count). The van der Waals surface area contributed by atoms with Crippen molar-refractivity contribution in [3.8, 4) is 11.4 Å². The maximum absolute atomic E-state index is 13.6. The molecule has 7 nitrogen and oxygen atoms in total. The molecule has 1 fully saturated rings. The number of thiocarbonyl (C=S) groups is 1. The molecule has 3 heterocycles. The highest BCUT2D eigenvalue weighted by Gasteiger charge is 2.42. The van der Waals surface area contributed by atoms with Crippen LogP contribution in [0.3, 0.4) is 0 Å². The van der Waals surface area contributed by atoms with Gasteiger partial charge < -0.3 is 24.8 Å². The number of pyridine rings is 1. The normalized spacial score (nSPS) is 16.4. The third kappa shape index (κ3) is 6.13. The Balaban J connectivity index is 1.30. The molecule has 1 aliphatic rings. The Morgan fingerprint density at radius 2 is 1.68 bits per heavy atom. The molecule has 1 amide bonds. The van der Waals surface area contributed by atoms with Crippen LogP contribution in [0.25, 0.3) is 5.69 Å². The van der Waals surface area contributed by atoms with Gasteiger partial charge in [0, 0.05) is 35.1 Å². The molecule has 0 unspecified atom stereocenters. The highest BCUT2D eigenvalue weighted by molar-refractivity contribution is 7.80. The van der Waals surface area contributed by atoms with Crippen molar-refractivity contribution in [1.82, 2.24) is 14.9 Å². The molecule has 0 aliphatic carbocycles. The zero-order chi connectivity index (χ0) is 30.7. The molecule has 0 radical (unpaired) electrons. The summed E-state index contributed by atoms with van der Waals surface area (Å²) in [7, 11) is 0. The lowest BCUT2D eigenvalue weighted by molar-refractivity contribution is -0.137. The summed E-state index contributed by atoms with van der Waals surface area (Å²) in [6.07, 6.45) is -1.06. The number of carbonyl (C=O) groups excluding carboxylic acids is 1. The van der Waals surface area contributed by atoms with Crippen molar-refractivity contribution in [3.63, 3.8) is 0 Å². The molecule has 1 saturated heterocycles. The Hall–Kier alpha value is -5.16. The molecule has 222 valence electrons. The lowest BCUT2D eigenvalue weighted by Gasteiger charge is -2.29. The first-order valence-corrected chi connectivity index (χ1v) is 14.1. The van der Waals surface area contributed by atoms with Gasteiger partial charge in [0.2, 0.25) is 0 Å². The molecule has 2 N–H and O–H groups in total. The molecule has 0 saturated carbocycles. The van der Waals surface area contributed by atoms with Crippen LogP contribution in [0.15, 0.2) is 122 Å². The van der Waals surface area contributed by atoms with Crippen LogP contribution >= 0.6 is 12.2 Å². The summed E-state index contributed by atoms with van der Waals surface area (Å²) in [4.78, 5) is 19.0. The summed E-state index contributed by atoms with van der Waals surface area (Å²) in [5.41, 5.74) is 2.36. The number of nitrogens with one attached hydrogen (secondary N) is 2. The van der Waals surface area contributed by atoms with Crippen LogP contribution in [-0.4, -0.2) is 27.2 Å². The van der Waals surface area contributed by atoms with Gasteiger partial charge in [-0.25, -0.2) is 0 Å². The van der Waals surface area contributed by atoms with E-state index in [4.69, 9.17) is 17.0 Å².